The van der Waals surface area contributed by atoms with Gasteiger partial charge in [-0.05, 0) is 26.0 Å². The predicted octanol–water partition coefficient (Wildman–Crippen LogP) is 2.44. The molecule has 0 fully saturated rings. The van der Waals surface area contributed by atoms with Gasteiger partial charge in [-0.1, -0.05) is 0 Å². The van der Waals surface area contributed by atoms with Crippen LogP contribution in [0.5, 0.6) is 0 Å². The van der Waals surface area contributed by atoms with Crippen LogP contribution in [-0.4, -0.2) is 19.7 Å². The lowest BCUT2D eigenvalue weighted by Gasteiger charge is -2.09. The van der Waals surface area contributed by atoms with Crippen molar-refractivity contribution in [1.82, 2.24) is 10.3 Å². The Balaban J connectivity index is 1.91. The Morgan fingerprint density at radius 1 is 1.45 bits per heavy atom. The quantitative estimate of drug-likeness (QED) is 0.886. The normalized spacial score (nSPS) is 13.6. The summed E-state index contributed by atoms with van der Waals surface area (Å²) in [7, 11) is -3.02. The smallest absolute Gasteiger partial charge is 0.153 e. The molecule has 1 atom stereocenters. The maximum atomic E-state index is 11.2. The number of sulfone groups is 1. The molecule has 0 aromatic carbocycles. The summed E-state index contributed by atoms with van der Waals surface area (Å²) < 4.78 is 27.9. The first kappa shape index (κ1) is 15.2. The molecule has 110 valence electrons. The lowest BCUT2D eigenvalue weighted by atomic mass is 10.2. The largest absolute Gasteiger partial charge is 0.465 e. The average Bonchev–Trinajstić information content (AvgIpc) is 2.93. The van der Waals surface area contributed by atoms with Crippen molar-refractivity contribution in [2.24, 2.45) is 0 Å². The van der Waals surface area contributed by atoms with Crippen molar-refractivity contribution in [3.8, 4) is 0 Å². The van der Waals surface area contributed by atoms with E-state index < -0.39 is 9.84 Å². The van der Waals surface area contributed by atoms with Gasteiger partial charge in [-0.3, -0.25) is 0 Å². The molecule has 0 saturated carbocycles. The molecular formula is C13H18N2O3S2. The van der Waals surface area contributed by atoms with Crippen molar-refractivity contribution in [3.63, 3.8) is 0 Å². The molecule has 2 aromatic heterocycles. The van der Waals surface area contributed by atoms with Crippen LogP contribution in [0.25, 0.3) is 0 Å². The maximum absolute atomic E-state index is 11.2. The third-order valence-electron chi connectivity index (χ3n) is 2.76. The van der Waals surface area contributed by atoms with Crippen molar-refractivity contribution < 1.29 is 12.8 Å². The number of hydrogen-bond donors (Lipinski definition) is 1. The average molecular weight is 314 g/mol. The van der Waals surface area contributed by atoms with E-state index in [9.17, 15) is 8.42 Å². The third-order valence-corrected chi connectivity index (χ3v) is 4.64. The van der Waals surface area contributed by atoms with Crippen LogP contribution in [0.2, 0.25) is 0 Å². The topological polar surface area (TPSA) is 72.2 Å². The van der Waals surface area contributed by atoms with Crippen LogP contribution in [0, 0.1) is 6.92 Å². The number of nitrogens with zero attached hydrogens (tertiary/aromatic N) is 1. The molecule has 7 heteroatoms. The highest BCUT2D eigenvalue weighted by molar-refractivity contribution is 7.90. The monoisotopic (exact) mass is 314 g/mol. The second-order valence-corrected chi connectivity index (χ2v) is 7.94. The molecule has 0 radical (unpaired) electrons. The molecule has 0 aliphatic rings. The number of hydrogen-bond acceptors (Lipinski definition) is 6. The van der Waals surface area contributed by atoms with Crippen molar-refractivity contribution in [2.45, 2.75) is 32.2 Å². The molecule has 0 aliphatic carbocycles. The molecule has 2 rings (SSSR count). The molecule has 2 aromatic rings. The molecule has 20 heavy (non-hydrogen) atoms. The highest BCUT2D eigenvalue weighted by Gasteiger charge is 2.12. The number of aryl methyl sites for hydroxylation is 1. The lowest BCUT2D eigenvalue weighted by Crippen LogP contribution is -2.17. The fourth-order valence-electron chi connectivity index (χ4n) is 1.77. The van der Waals surface area contributed by atoms with Crippen molar-refractivity contribution in [2.75, 3.05) is 6.26 Å². The first-order chi connectivity index (χ1) is 9.33. The summed E-state index contributed by atoms with van der Waals surface area (Å²) in [6.45, 7) is 4.51. The first-order valence-corrected chi connectivity index (χ1v) is 9.18. The molecule has 0 bridgehead atoms. The van der Waals surface area contributed by atoms with Gasteiger partial charge in [-0.15, -0.1) is 11.3 Å². The Hall–Kier alpha value is -1.18. The third kappa shape index (κ3) is 4.43. The SMILES string of the molecule is Cc1ccc([C@H](C)NCc2csc(CS(C)(=O)=O)n2)o1. The number of rotatable bonds is 6. The Kier molecular flexibility index (Phi) is 4.62. The van der Waals surface area contributed by atoms with Gasteiger partial charge in [0.05, 0.1) is 11.7 Å². The van der Waals surface area contributed by atoms with E-state index in [0.717, 1.165) is 17.2 Å². The molecule has 0 saturated heterocycles. The number of aromatic nitrogens is 1. The minimum Gasteiger partial charge on any atom is -0.465 e. The summed E-state index contributed by atoms with van der Waals surface area (Å²) in [4.78, 5) is 4.31. The number of thiazole rings is 1. The zero-order chi connectivity index (χ0) is 14.8. The Labute approximate surface area is 123 Å². The van der Waals surface area contributed by atoms with Gasteiger partial charge >= 0.3 is 0 Å². The Morgan fingerprint density at radius 2 is 2.20 bits per heavy atom. The van der Waals surface area contributed by atoms with E-state index in [1.807, 2.05) is 31.4 Å². The van der Waals surface area contributed by atoms with Crippen LogP contribution < -0.4 is 5.32 Å². The summed E-state index contributed by atoms with van der Waals surface area (Å²) in [5.41, 5.74) is 0.851. The summed E-state index contributed by atoms with van der Waals surface area (Å²) in [6, 6.07) is 3.97. The van der Waals surface area contributed by atoms with Gasteiger partial charge in [0.1, 0.15) is 22.3 Å². The van der Waals surface area contributed by atoms with E-state index >= 15 is 0 Å². The van der Waals surface area contributed by atoms with Crippen LogP contribution in [-0.2, 0) is 22.1 Å². The van der Waals surface area contributed by atoms with E-state index in [1.165, 1.54) is 17.6 Å². The number of furan rings is 1. The van der Waals surface area contributed by atoms with Crippen molar-refractivity contribution >= 4 is 21.2 Å². The van der Waals surface area contributed by atoms with E-state index in [-0.39, 0.29) is 11.8 Å². The van der Waals surface area contributed by atoms with E-state index in [4.69, 9.17) is 4.42 Å². The zero-order valence-electron chi connectivity index (χ0n) is 11.7. The van der Waals surface area contributed by atoms with Crippen LogP contribution in [0.1, 0.15) is 35.2 Å². The van der Waals surface area contributed by atoms with Gasteiger partial charge < -0.3 is 9.73 Å². The van der Waals surface area contributed by atoms with E-state index in [1.54, 1.807) is 0 Å². The van der Waals surface area contributed by atoms with Gasteiger partial charge in [0.2, 0.25) is 0 Å². The molecule has 5 nitrogen and oxygen atoms in total. The minimum atomic E-state index is -3.02. The summed E-state index contributed by atoms with van der Waals surface area (Å²) in [6.07, 6.45) is 1.22. The van der Waals surface area contributed by atoms with E-state index in [0.29, 0.717) is 11.6 Å². The zero-order valence-corrected chi connectivity index (χ0v) is 13.3. The van der Waals surface area contributed by atoms with Crippen LogP contribution in [0.4, 0.5) is 0 Å². The van der Waals surface area contributed by atoms with Gasteiger partial charge in [-0.2, -0.15) is 0 Å². The first-order valence-electron chi connectivity index (χ1n) is 6.24. The van der Waals surface area contributed by atoms with Gasteiger partial charge in [-0.25, -0.2) is 13.4 Å². The van der Waals surface area contributed by atoms with E-state index in [2.05, 4.69) is 10.3 Å². The Morgan fingerprint density at radius 3 is 2.80 bits per heavy atom. The summed E-state index contributed by atoms with van der Waals surface area (Å²) in [5, 5.41) is 5.82. The summed E-state index contributed by atoms with van der Waals surface area (Å²) in [5.74, 6) is 1.77. The molecule has 0 unspecified atom stereocenters. The van der Waals surface area contributed by atoms with Gasteiger partial charge in [0, 0.05) is 18.2 Å². The van der Waals surface area contributed by atoms with Crippen LogP contribution in [0.3, 0.4) is 0 Å². The molecule has 0 amide bonds. The highest BCUT2D eigenvalue weighted by atomic mass is 32.2. The molecule has 1 N–H and O–H groups in total. The minimum absolute atomic E-state index is 0.00456. The van der Waals surface area contributed by atoms with Crippen LogP contribution in [0.15, 0.2) is 21.9 Å². The lowest BCUT2D eigenvalue weighted by molar-refractivity contribution is 0.415. The molecule has 2 heterocycles. The standard InChI is InChI=1S/C13H18N2O3S2/c1-9-4-5-12(18-9)10(2)14-6-11-7-19-13(15-11)8-20(3,16)17/h4-5,7,10,14H,6,8H2,1-3H3/t10-/m0/s1. The molecular weight excluding hydrogens is 296 g/mol. The second-order valence-electron chi connectivity index (χ2n) is 4.85. The second kappa shape index (κ2) is 6.07. The van der Waals surface area contributed by atoms with Crippen molar-refractivity contribution in [3.05, 3.63) is 39.7 Å². The highest BCUT2D eigenvalue weighted by Crippen LogP contribution is 2.17. The van der Waals surface area contributed by atoms with Gasteiger partial charge in [0.25, 0.3) is 0 Å². The van der Waals surface area contributed by atoms with Crippen molar-refractivity contribution in [1.29, 1.82) is 0 Å². The number of nitrogens with one attached hydrogen (secondary N) is 1. The molecule has 0 spiro atoms. The predicted molar refractivity (Wildman–Crippen MR) is 79.4 cm³/mol. The molecule has 0 aliphatic heterocycles. The van der Waals surface area contributed by atoms with Gasteiger partial charge in [0.15, 0.2) is 9.84 Å². The fourth-order valence-corrected chi connectivity index (χ4v) is 3.77. The fraction of sp³-hybridized carbons (Fsp3) is 0.462. The Bertz CT molecular complexity index is 673. The maximum Gasteiger partial charge on any atom is 0.153 e. The summed E-state index contributed by atoms with van der Waals surface area (Å²) >= 11 is 1.37. The van der Waals surface area contributed by atoms with Crippen LogP contribution >= 0.6 is 11.3 Å².